The number of hydrogen-bond donors (Lipinski definition) is 4. The lowest BCUT2D eigenvalue weighted by Gasteiger charge is -2.13. The Kier molecular flexibility index (Phi) is 17.9. The van der Waals surface area contributed by atoms with Crippen LogP contribution in [0.3, 0.4) is 0 Å². The van der Waals surface area contributed by atoms with Gasteiger partial charge in [-0.25, -0.2) is 0 Å². The van der Waals surface area contributed by atoms with Crippen molar-refractivity contribution in [1.29, 1.82) is 0 Å². The van der Waals surface area contributed by atoms with E-state index in [4.69, 9.17) is 20.1 Å². The summed E-state index contributed by atoms with van der Waals surface area (Å²) >= 11 is 3.09. The molecule has 10 nitrogen and oxygen atoms in total. The van der Waals surface area contributed by atoms with Gasteiger partial charge in [0, 0.05) is 38.6 Å². The number of carbonyl (C=O) groups is 3. The Hall–Kier alpha value is -2.85. The molecule has 0 aromatic heterocycles. The predicted octanol–water partition coefficient (Wildman–Crippen LogP) is 2.59. The van der Waals surface area contributed by atoms with Crippen molar-refractivity contribution in [2.24, 2.45) is 5.73 Å². The van der Waals surface area contributed by atoms with E-state index in [9.17, 15) is 19.5 Å². The molecule has 0 radical (unpaired) electrons. The number of nitrogens with two attached hydrogens (primary N) is 1. The number of amides is 2. The van der Waals surface area contributed by atoms with Crippen molar-refractivity contribution in [3.05, 3.63) is 34.3 Å². The van der Waals surface area contributed by atoms with E-state index in [1.54, 1.807) is 18.2 Å². The number of rotatable bonds is 15. The number of nitrogens with one attached hydrogen (secondary N) is 2. The molecule has 1 aromatic rings. The number of hydrogen-bond acceptors (Lipinski definition) is 8. The molecule has 11 heteroatoms. The van der Waals surface area contributed by atoms with Gasteiger partial charge in [0.05, 0.1) is 16.8 Å². The lowest BCUT2D eigenvalue weighted by molar-refractivity contribution is -0.191. The second kappa shape index (κ2) is 19.5. The van der Waals surface area contributed by atoms with Crippen LogP contribution in [0.1, 0.15) is 51.0 Å². The minimum Gasteiger partial charge on any atom is -0.506 e. The van der Waals surface area contributed by atoms with Crippen LogP contribution in [0.15, 0.2) is 28.8 Å². The average Bonchev–Trinajstić information content (AvgIpc) is 2.79. The molecule has 0 bridgehead atoms. The molecule has 5 N–H and O–H groups in total. The van der Waals surface area contributed by atoms with Crippen LogP contribution < -0.4 is 16.4 Å². The van der Waals surface area contributed by atoms with Gasteiger partial charge in [0.15, 0.2) is 5.78 Å². The van der Waals surface area contributed by atoms with E-state index in [0.29, 0.717) is 38.1 Å². The van der Waals surface area contributed by atoms with Crippen LogP contribution in [-0.2, 0) is 35.1 Å². The van der Waals surface area contributed by atoms with E-state index in [1.807, 2.05) is 0 Å². The maximum atomic E-state index is 12.2. The maximum Gasteiger partial charge on any atom is 0.373 e. The molecule has 0 aliphatic carbocycles. The third-order valence-corrected chi connectivity index (χ3v) is 5.25. The molecule has 1 rings (SSSR count). The van der Waals surface area contributed by atoms with Crippen LogP contribution in [-0.4, -0.2) is 55.2 Å². The van der Waals surface area contributed by atoms with E-state index in [-0.39, 0.29) is 52.9 Å². The van der Waals surface area contributed by atoms with Crippen LogP contribution in [0.4, 0.5) is 5.69 Å². The maximum absolute atomic E-state index is 12.2. The first kappa shape index (κ1) is 32.1. The quantitative estimate of drug-likeness (QED) is 0.145. The Balaban J connectivity index is 0.00000365. The molecule has 1 aromatic carbocycles. The van der Waals surface area contributed by atoms with Gasteiger partial charge in [0.25, 0.3) is 5.91 Å². The number of anilines is 1. The first-order chi connectivity index (χ1) is 16.7. The summed E-state index contributed by atoms with van der Waals surface area (Å²) in [6.07, 6.45) is 5.53. The highest BCUT2D eigenvalue weighted by molar-refractivity contribution is 9.12. The van der Waals surface area contributed by atoms with Crippen LogP contribution in [0.2, 0.25) is 0 Å². The Morgan fingerprint density at radius 1 is 1.23 bits per heavy atom. The van der Waals surface area contributed by atoms with Gasteiger partial charge < -0.3 is 26.2 Å². The van der Waals surface area contributed by atoms with Gasteiger partial charge in [-0.2, -0.15) is 9.59 Å². The molecular weight excluding hydrogens is 522 g/mol. The second-order valence-electron chi connectivity index (χ2n) is 7.65. The Labute approximate surface area is 213 Å². The SMILES string of the molecule is CCC[C@H](N)Cc1ccc(O)c(NC(=O)CCCCC(=O)/C=C(/Br)C(=O)NCCOC)c1.O=C=O. The van der Waals surface area contributed by atoms with Gasteiger partial charge in [0.2, 0.25) is 5.91 Å². The number of phenols is 1. The molecule has 0 aliphatic rings. The van der Waals surface area contributed by atoms with Gasteiger partial charge in [-0.15, -0.1) is 0 Å². The Bertz CT molecular complexity index is 884. The highest BCUT2D eigenvalue weighted by atomic mass is 79.9. The molecule has 0 unspecified atom stereocenters. The fraction of sp³-hybridized carbons (Fsp3) is 0.500. The summed E-state index contributed by atoms with van der Waals surface area (Å²) in [5.74, 6) is -0.822. The molecule has 1 atom stereocenters. The minimum absolute atomic E-state index is 0.0000963. The first-order valence-electron chi connectivity index (χ1n) is 11.2. The number of halogens is 1. The summed E-state index contributed by atoms with van der Waals surface area (Å²) in [6, 6.07) is 5.14. The summed E-state index contributed by atoms with van der Waals surface area (Å²) in [5, 5.41) is 15.3. The highest BCUT2D eigenvalue weighted by Crippen LogP contribution is 2.25. The number of benzene rings is 1. The number of ketones is 1. The van der Waals surface area contributed by atoms with Crippen molar-refractivity contribution < 1.29 is 33.8 Å². The van der Waals surface area contributed by atoms with Gasteiger partial charge in [-0.1, -0.05) is 19.4 Å². The Morgan fingerprint density at radius 3 is 2.51 bits per heavy atom. The molecule has 194 valence electrons. The first-order valence-corrected chi connectivity index (χ1v) is 12.0. The monoisotopic (exact) mass is 555 g/mol. The van der Waals surface area contributed by atoms with Crippen molar-refractivity contribution in [3.8, 4) is 5.75 Å². The molecule has 0 heterocycles. The lowest BCUT2D eigenvalue weighted by Crippen LogP contribution is -2.27. The van der Waals surface area contributed by atoms with Crippen molar-refractivity contribution in [2.75, 3.05) is 25.6 Å². The van der Waals surface area contributed by atoms with Gasteiger partial charge in [-0.3, -0.25) is 14.4 Å². The number of aromatic hydroxyl groups is 1. The fourth-order valence-electron chi connectivity index (χ4n) is 3.01. The Morgan fingerprint density at radius 2 is 1.89 bits per heavy atom. The summed E-state index contributed by atoms with van der Waals surface area (Å²) < 4.78 is 5.00. The van der Waals surface area contributed by atoms with Gasteiger partial charge >= 0.3 is 6.15 Å². The largest absolute Gasteiger partial charge is 0.506 e. The summed E-state index contributed by atoms with van der Waals surface area (Å²) in [7, 11) is 1.53. The summed E-state index contributed by atoms with van der Waals surface area (Å²) in [4.78, 5) is 52.2. The normalized spacial score (nSPS) is 11.5. The summed E-state index contributed by atoms with van der Waals surface area (Å²) in [5.41, 5.74) is 7.39. The van der Waals surface area contributed by atoms with E-state index < -0.39 is 0 Å². The van der Waals surface area contributed by atoms with Gasteiger partial charge in [-0.05, 0) is 59.3 Å². The van der Waals surface area contributed by atoms with Crippen LogP contribution in [0, 0.1) is 0 Å². The number of unbranched alkanes of at least 4 members (excludes halogenated alkanes) is 1. The van der Waals surface area contributed by atoms with E-state index in [0.717, 1.165) is 18.4 Å². The molecule has 0 spiro atoms. The van der Waals surface area contributed by atoms with Crippen molar-refractivity contribution in [2.45, 2.75) is 57.9 Å². The van der Waals surface area contributed by atoms with Crippen molar-refractivity contribution in [3.63, 3.8) is 0 Å². The summed E-state index contributed by atoms with van der Waals surface area (Å²) in [6.45, 7) is 2.81. The standard InChI is InChI=1S/C23H34BrN3O5.CO2/c1-3-6-17(25)13-16-9-10-21(29)20(14-16)27-22(30)8-5-4-7-18(28)15-19(24)23(31)26-11-12-32-2;2-1-3/h9-10,14-15,17,29H,3-8,11-13,25H2,1-2H3,(H,26,31)(H,27,30);/b19-15+;/t17-;/m0./s1. The number of ether oxygens (including phenoxy) is 1. The number of phenolic OH excluding ortho intramolecular Hbond substituents is 1. The highest BCUT2D eigenvalue weighted by Gasteiger charge is 2.11. The smallest absolute Gasteiger partial charge is 0.373 e. The van der Waals surface area contributed by atoms with E-state index >= 15 is 0 Å². The zero-order valence-electron chi connectivity index (χ0n) is 20.1. The lowest BCUT2D eigenvalue weighted by atomic mass is 10.0. The molecule has 0 saturated heterocycles. The number of allylic oxidation sites excluding steroid dienone is 1. The zero-order valence-corrected chi connectivity index (χ0v) is 21.7. The number of carbonyl (C=O) groups excluding carboxylic acids is 5. The second-order valence-corrected chi connectivity index (χ2v) is 8.50. The zero-order chi connectivity index (χ0) is 26.6. The minimum atomic E-state index is -0.382. The molecular formula is C24H34BrN3O7. The van der Waals surface area contributed by atoms with Crippen molar-refractivity contribution >= 4 is 45.4 Å². The molecule has 35 heavy (non-hydrogen) atoms. The number of methoxy groups -OCH3 is 1. The van der Waals surface area contributed by atoms with E-state index in [2.05, 4.69) is 33.5 Å². The fourth-order valence-corrected chi connectivity index (χ4v) is 3.41. The third kappa shape index (κ3) is 15.6. The molecule has 0 saturated carbocycles. The topological polar surface area (TPSA) is 165 Å². The predicted molar refractivity (Wildman–Crippen MR) is 134 cm³/mol. The third-order valence-electron chi connectivity index (χ3n) is 4.67. The van der Waals surface area contributed by atoms with E-state index in [1.165, 1.54) is 13.2 Å². The van der Waals surface area contributed by atoms with Crippen LogP contribution in [0.25, 0.3) is 0 Å². The molecule has 0 aliphatic heterocycles. The van der Waals surface area contributed by atoms with Crippen LogP contribution >= 0.6 is 15.9 Å². The average molecular weight is 556 g/mol. The van der Waals surface area contributed by atoms with Gasteiger partial charge in [0.1, 0.15) is 5.75 Å². The molecule has 0 fully saturated rings. The van der Waals surface area contributed by atoms with Crippen LogP contribution in [0.5, 0.6) is 5.75 Å². The van der Waals surface area contributed by atoms with Crippen molar-refractivity contribution in [1.82, 2.24) is 5.32 Å². The molecule has 2 amide bonds.